The predicted molar refractivity (Wildman–Crippen MR) is 134 cm³/mol. The Labute approximate surface area is 209 Å². The number of carbonyl (C=O) groups excluding carboxylic acids is 2. The van der Waals surface area contributed by atoms with E-state index in [4.69, 9.17) is 14.2 Å². The summed E-state index contributed by atoms with van der Waals surface area (Å²) in [4.78, 5) is 34.8. The zero-order valence-corrected chi connectivity index (χ0v) is 21.1. The van der Waals surface area contributed by atoms with Crippen LogP contribution in [-0.2, 0) is 20.8 Å². The largest absolute Gasteiger partial charge is 0.380 e. The lowest BCUT2D eigenvalue weighted by Crippen LogP contribution is -2.51. The molecule has 1 aromatic carbocycles. The average Bonchev–Trinajstić information content (AvgIpc) is 3.32. The zero-order valence-electron chi connectivity index (χ0n) is 20.2. The molecule has 2 aliphatic rings. The molecule has 10 nitrogen and oxygen atoms in total. The van der Waals surface area contributed by atoms with Gasteiger partial charge in [0.05, 0.1) is 37.2 Å². The summed E-state index contributed by atoms with van der Waals surface area (Å²) in [5.74, 6) is -0.602. The summed E-state index contributed by atoms with van der Waals surface area (Å²) in [5, 5.41) is 8.29. The second kappa shape index (κ2) is 12.4. The number of rotatable bonds is 11. The Balaban J connectivity index is 1.46. The lowest BCUT2D eigenvalue weighted by atomic mass is 10.1. The Morgan fingerprint density at radius 2 is 2.03 bits per heavy atom. The Hall–Kier alpha value is -2.57. The van der Waals surface area contributed by atoms with Gasteiger partial charge in [-0.3, -0.25) is 14.5 Å². The van der Waals surface area contributed by atoms with Gasteiger partial charge < -0.3 is 29.7 Å². The normalized spacial score (nSPS) is 16.7. The minimum Gasteiger partial charge on any atom is -0.380 e. The third kappa shape index (κ3) is 6.77. The van der Waals surface area contributed by atoms with Crippen molar-refractivity contribution in [3.63, 3.8) is 0 Å². The van der Waals surface area contributed by atoms with Crippen LogP contribution in [0.25, 0.3) is 0 Å². The minimum atomic E-state index is -0.347. The molecule has 35 heavy (non-hydrogen) atoms. The van der Waals surface area contributed by atoms with Crippen molar-refractivity contribution in [1.29, 1.82) is 0 Å². The first-order valence-electron chi connectivity index (χ1n) is 11.9. The van der Waals surface area contributed by atoms with Crippen molar-refractivity contribution in [3.05, 3.63) is 40.4 Å². The number of ether oxygens (including phenoxy) is 3. The maximum Gasteiger partial charge on any atom is 0.275 e. The smallest absolute Gasteiger partial charge is 0.275 e. The number of carbonyl (C=O) groups is 2. The zero-order chi connectivity index (χ0) is 24.6. The van der Waals surface area contributed by atoms with Crippen LogP contribution < -0.4 is 15.5 Å². The van der Waals surface area contributed by atoms with Crippen LogP contribution in [0.4, 0.5) is 10.8 Å². The molecule has 2 aromatic rings. The molecular formula is C24H33N5O5S. The molecule has 2 N–H and O–H groups in total. The van der Waals surface area contributed by atoms with E-state index in [0.717, 1.165) is 36.9 Å². The topological polar surface area (TPSA) is 105 Å². The van der Waals surface area contributed by atoms with Gasteiger partial charge in [0.2, 0.25) is 0 Å². The summed E-state index contributed by atoms with van der Waals surface area (Å²) >= 11 is 1.42. The van der Waals surface area contributed by atoms with Crippen molar-refractivity contribution in [3.8, 4) is 0 Å². The van der Waals surface area contributed by atoms with E-state index in [0.29, 0.717) is 56.5 Å². The fraction of sp³-hybridized carbons (Fsp3) is 0.542. The van der Waals surface area contributed by atoms with E-state index in [9.17, 15) is 9.59 Å². The third-order valence-electron chi connectivity index (χ3n) is 6.00. The van der Waals surface area contributed by atoms with Crippen molar-refractivity contribution < 1.29 is 23.8 Å². The van der Waals surface area contributed by atoms with E-state index in [1.807, 2.05) is 19.1 Å². The lowest BCUT2D eigenvalue weighted by molar-refractivity contribution is 0.0342. The van der Waals surface area contributed by atoms with Gasteiger partial charge in [-0.25, -0.2) is 4.98 Å². The van der Waals surface area contributed by atoms with E-state index >= 15 is 0 Å². The van der Waals surface area contributed by atoms with Gasteiger partial charge in [-0.2, -0.15) is 0 Å². The number of methoxy groups -OCH3 is 1. The molecule has 4 rings (SSSR count). The van der Waals surface area contributed by atoms with E-state index in [-0.39, 0.29) is 17.9 Å². The molecule has 3 heterocycles. The number of nitrogens with zero attached hydrogens (tertiary/aromatic N) is 3. The van der Waals surface area contributed by atoms with E-state index in [1.165, 1.54) is 11.3 Å². The molecule has 190 valence electrons. The van der Waals surface area contributed by atoms with Crippen LogP contribution in [0.15, 0.2) is 23.6 Å². The Bertz CT molecular complexity index is 1000. The summed E-state index contributed by atoms with van der Waals surface area (Å²) in [7, 11) is 1.69. The van der Waals surface area contributed by atoms with Gasteiger partial charge in [-0.05, 0) is 24.6 Å². The number of thiazole rings is 1. The highest BCUT2D eigenvalue weighted by Crippen LogP contribution is 2.27. The average molecular weight is 504 g/mol. The van der Waals surface area contributed by atoms with Crippen LogP contribution in [0.2, 0.25) is 0 Å². The maximum atomic E-state index is 13.0. The number of aromatic nitrogens is 1. The number of anilines is 2. The maximum absolute atomic E-state index is 13.0. The molecule has 0 radical (unpaired) electrons. The highest BCUT2D eigenvalue weighted by atomic mass is 32.1. The summed E-state index contributed by atoms with van der Waals surface area (Å²) in [6, 6.07) is 5.58. The van der Waals surface area contributed by atoms with E-state index in [1.54, 1.807) is 18.6 Å². The highest BCUT2D eigenvalue weighted by molar-refractivity contribution is 7.14. The van der Waals surface area contributed by atoms with Gasteiger partial charge in [0.25, 0.3) is 11.8 Å². The molecule has 0 unspecified atom stereocenters. The first-order chi connectivity index (χ1) is 17.1. The quantitative estimate of drug-likeness (QED) is 0.448. The molecule has 0 spiro atoms. The Kier molecular flexibility index (Phi) is 9.05. The standard InChI is InChI=1S/C24H33N5O5S/c1-3-33-9-6-25-22(30)19-12-17(13-28-7-10-34-11-8-28)4-5-20(19)26-23(31)21-16-35-24(27-21)29-14-18(15-29)32-2/h4-5,12,16,18H,3,6-11,13-15H2,1-2H3,(H,25,30)(H,26,31). The molecular weight excluding hydrogens is 470 g/mol. The fourth-order valence-corrected chi connectivity index (χ4v) is 4.75. The monoisotopic (exact) mass is 503 g/mol. The number of amides is 2. The Morgan fingerprint density at radius 3 is 2.77 bits per heavy atom. The van der Waals surface area contributed by atoms with Crippen molar-refractivity contribution in [1.82, 2.24) is 15.2 Å². The second-order valence-electron chi connectivity index (χ2n) is 8.45. The van der Waals surface area contributed by atoms with Gasteiger partial charge in [0.15, 0.2) is 5.13 Å². The summed E-state index contributed by atoms with van der Waals surface area (Å²) in [6.45, 7) is 8.67. The van der Waals surface area contributed by atoms with Crippen molar-refractivity contribution in [2.24, 2.45) is 0 Å². The van der Waals surface area contributed by atoms with Crippen molar-refractivity contribution in [2.45, 2.75) is 19.6 Å². The van der Waals surface area contributed by atoms with Crippen LogP contribution in [0.5, 0.6) is 0 Å². The molecule has 0 aliphatic carbocycles. The number of morpholine rings is 1. The van der Waals surface area contributed by atoms with Crippen LogP contribution in [0.3, 0.4) is 0 Å². The molecule has 2 fully saturated rings. The van der Waals surface area contributed by atoms with Gasteiger partial charge >= 0.3 is 0 Å². The number of hydrogen-bond acceptors (Lipinski definition) is 9. The third-order valence-corrected chi connectivity index (χ3v) is 6.90. The van der Waals surface area contributed by atoms with Gasteiger partial charge in [0.1, 0.15) is 5.69 Å². The number of hydrogen-bond donors (Lipinski definition) is 2. The molecule has 2 amide bonds. The van der Waals surface area contributed by atoms with Crippen LogP contribution >= 0.6 is 11.3 Å². The van der Waals surface area contributed by atoms with Crippen LogP contribution in [-0.4, -0.2) is 94.1 Å². The highest BCUT2D eigenvalue weighted by Gasteiger charge is 2.29. The molecule has 2 aliphatic heterocycles. The lowest BCUT2D eigenvalue weighted by Gasteiger charge is -2.37. The minimum absolute atomic E-state index is 0.205. The molecule has 0 atom stereocenters. The summed E-state index contributed by atoms with van der Waals surface area (Å²) < 4.78 is 16.1. The van der Waals surface area contributed by atoms with Crippen molar-refractivity contribution in [2.75, 3.05) is 76.5 Å². The number of benzene rings is 1. The van der Waals surface area contributed by atoms with E-state index < -0.39 is 0 Å². The SMILES string of the molecule is CCOCCNC(=O)c1cc(CN2CCOCC2)ccc1NC(=O)c1csc(N2CC(OC)C2)n1. The Morgan fingerprint density at radius 1 is 1.23 bits per heavy atom. The van der Waals surface area contributed by atoms with Crippen LogP contribution in [0.1, 0.15) is 33.3 Å². The molecule has 11 heteroatoms. The molecule has 1 aromatic heterocycles. The summed E-state index contributed by atoms with van der Waals surface area (Å²) in [6.07, 6.45) is 0.205. The molecule has 0 bridgehead atoms. The number of nitrogens with one attached hydrogen (secondary N) is 2. The first kappa shape index (κ1) is 25.5. The predicted octanol–water partition coefficient (Wildman–Crippen LogP) is 1.83. The van der Waals surface area contributed by atoms with Gasteiger partial charge in [-0.1, -0.05) is 6.07 Å². The van der Waals surface area contributed by atoms with Gasteiger partial charge in [0, 0.05) is 58.4 Å². The van der Waals surface area contributed by atoms with Gasteiger partial charge in [-0.15, -0.1) is 11.3 Å². The fourth-order valence-electron chi connectivity index (χ4n) is 3.92. The molecule has 2 saturated heterocycles. The second-order valence-corrected chi connectivity index (χ2v) is 9.29. The summed E-state index contributed by atoms with van der Waals surface area (Å²) in [5.41, 5.74) is 2.20. The van der Waals surface area contributed by atoms with E-state index in [2.05, 4.69) is 25.4 Å². The first-order valence-corrected chi connectivity index (χ1v) is 12.8. The molecule has 0 saturated carbocycles. The van der Waals surface area contributed by atoms with Crippen LogP contribution in [0, 0.1) is 0 Å². The van der Waals surface area contributed by atoms with Crippen molar-refractivity contribution >= 4 is 34.0 Å².